The quantitative estimate of drug-likeness (QED) is 0.452. The van der Waals surface area contributed by atoms with Crippen molar-refractivity contribution in [3.05, 3.63) is 52.2 Å². The van der Waals surface area contributed by atoms with E-state index in [4.69, 9.17) is 10.5 Å². The van der Waals surface area contributed by atoms with Crippen molar-refractivity contribution in [3.8, 4) is 17.6 Å². The lowest BCUT2D eigenvalue weighted by Gasteiger charge is -2.08. The number of carbonyl (C=O) groups is 1. The summed E-state index contributed by atoms with van der Waals surface area (Å²) in [4.78, 5) is 29.8. The van der Waals surface area contributed by atoms with E-state index in [1.165, 1.54) is 13.3 Å². The molecule has 0 aliphatic rings. The normalized spacial score (nSPS) is 10.7. The number of aromatic nitrogens is 4. The summed E-state index contributed by atoms with van der Waals surface area (Å²) < 4.78 is 8.10. The van der Waals surface area contributed by atoms with Gasteiger partial charge in [-0.3, -0.25) is 9.59 Å². The van der Waals surface area contributed by atoms with Crippen molar-refractivity contribution in [2.75, 3.05) is 7.11 Å². The Morgan fingerprint density at radius 1 is 1.27 bits per heavy atom. The van der Waals surface area contributed by atoms with E-state index in [0.29, 0.717) is 40.8 Å². The number of carbonyl (C=O) groups excluding carboxylic acids is 1. The maximum absolute atomic E-state index is 12.9. The van der Waals surface area contributed by atoms with Crippen LogP contribution in [0.4, 0.5) is 0 Å². The number of nitrogens with zero attached hydrogens (tertiary/aromatic N) is 4. The number of rotatable bonds is 6. The zero-order chi connectivity index (χ0) is 25.0. The van der Waals surface area contributed by atoms with Gasteiger partial charge in [0.1, 0.15) is 29.2 Å². The molecule has 33 heavy (non-hydrogen) atoms. The summed E-state index contributed by atoms with van der Waals surface area (Å²) >= 11 is 0. The van der Waals surface area contributed by atoms with E-state index in [-0.39, 0.29) is 17.9 Å². The monoisotopic (exact) mass is 453 g/mol. The van der Waals surface area contributed by atoms with Gasteiger partial charge in [-0.1, -0.05) is 38.8 Å². The first-order chi connectivity index (χ1) is 15.8. The Kier molecular flexibility index (Phi) is 11.6. The molecule has 1 aromatic carbocycles. The molecule has 0 aliphatic heterocycles. The Labute approximate surface area is 195 Å². The van der Waals surface area contributed by atoms with Crippen molar-refractivity contribution in [1.82, 2.24) is 19.3 Å². The van der Waals surface area contributed by atoms with Crippen LogP contribution in [0.2, 0.25) is 0 Å². The third-order valence-electron chi connectivity index (χ3n) is 4.70. The van der Waals surface area contributed by atoms with Crippen LogP contribution in [-0.4, -0.2) is 38.3 Å². The number of hydrogen-bond donors (Lipinski definition) is 1. The van der Waals surface area contributed by atoms with Gasteiger partial charge in [0.2, 0.25) is 0 Å². The van der Waals surface area contributed by atoms with Gasteiger partial charge in [-0.15, -0.1) is 5.92 Å². The first kappa shape index (κ1) is 27.6. The van der Waals surface area contributed by atoms with Gasteiger partial charge in [-0.25, -0.2) is 9.67 Å². The van der Waals surface area contributed by atoms with Crippen molar-refractivity contribution in [2.24, 2.45) is 5.73 Å². The minimum absolute atomic E-state index is 0.182. The first-order valence-electron chi connectivity index (χ1n) is 11.1. The van der Waals surface area contributed by atoms with Gasteiger partial charge < -0.3 is 15.0 Å². The molecule has 0 saturated carbocycles. The molecule has 3 rings (SSSR count). The topological polar surface area (TPSA) is 105 Å². The lowest BCUT2D eigenvalue weighted by molar-refractivity contribution is 0.0963. The Morgan fingerprint density at radius 2 is 1.91 bits per heavy atom. The number of benzene rings is 1. The number of hydrogen-bond acceptors (Lipinski definition) is 6. The molecule has 0 fully saturated rings. The second-order valence-corrected chi connectivity index (χ2v) is 7.02. The van der Waals surface area contributed by atoms with Crippen molar-refractivity contribution < 1.29 is 9.53 Å². The van der Waals surface area contributed by atoms with Gasteiger partial charge in [0.15, 0.2) is 5.78 Å². The van der Waals surface area contributed by atoms with Crippen molar-refractivity contribution >= 4 is 16.8 Å². The highest BCUT2D eigenvalue weighted by atomic mass is 16.5. The van der Waals surface area contributed by atoms with E-state index in [1.807, 2.05) is 20.8 Å². The number of ketones is 1. The van der Waals surface area contributed by atoms with E-state index >= 15 is 0 Å². The minimum Gasteiger partial charge on any atom is -0.496 e. The third-order valence-corrected chi connectivity index (χ3v) is 4.70. The van der Waals surface area contributed by atoms with Crippen molar-refractivity contribution in [2.45, 2.75) is 67.1 Å². The van der Waals surface area contributed by atoms with Gasteiger partial charge in [0.25, 0.3) is 5.56 Å². The van der Waals surface area contributed by atoms with Crippen LogP contribution in [0.25, 0.3) is 11.0 Å². The number of nitrogens with two attached hydrogens (primary N) is 1. The van der Waals surface area contributed by atoms with E-state index in [2.05, 4.69) is 28.8 Å². The first-order valence-corrected chi connectivity index (χ1v) is 11.1. The van der Waals surface area contributed by atoms with Crippen LogP contribution in [0.15, 0.2) is 35.3 Å². The summed E-state index contributed by atoms with van der Waals surface area (Å²) in [5, 5.41) is 4.09. The Morgan fingerprint density at radius 3 is 2.48 bits per heavy atom. The number of fused-ring (bicyclic) bond motifs is 1. The zero-order valence-corrected chi connectivity index (χ0v) is 20.7. The standard InChI is InChI=1S/C19H18N4O3.C4H11N.C2H6/c1-4-5-10-22-13(2)21-15-11-20-23(19(25)18(15)22)12-16(24)14-8-6-7-9-17(14)26-3;1-3-4(2)5;1-2/h6-9,11H,10,12H2,1-3H3;4H,3,5H2,1-2H3;1-2H3. The molecule has 0 radical (unpaired) electrons. The number of methoxy groups -OCH3 is 1. The fourth-order valence-corrected chi connectivity index (χ4v) is 2.76. The summed E-state index contributed by atoms with van der Waals surface area (Å²) in [5.74, 6) is 6.62. The van der Waals surface area contributed by atoms with Crippen LogP contribution in [-0.2, 0) is 13.1 Å². The van der Waals surface area contributed by atoms with E-state index in [9.17, 15) is 9.59 Å². The molecule has 3 aromatic rings. The van der Waals surface area contributed by atoms with Gasteiger partial charge in [0.05, 0.1) is 25.4 Å². The van der Waals surface area contributed by atoms with Crippen LogP contribution in [0.3, 0.4) is 0 Å². The Hall–Kier alpha value is -3.44. The number of ether oxygens (including phenoxy) is 1. The van der Waals surface area contributed by atoms with E-state index in [0.717, 1.165) is 11.1 Å². The molecule has 0 spiro atoms. The molecule has 2 heterocycles. The lowest BCUT2D eigenvalue weighted by atomic mass is 10.1. The smallest absolute Gasteiger partial charge is 0.293 e. The highest BCUT2D eigenvalue weighted by molar-refractivity contribution is 5.98. The van der Waals surface area contributed by atoms with Gasteiger partial charge in [-0.05, 0) is 39.3 Å². The Balaban J connectivity index is 0.000000689. The van der Waals surface area contributed by atoms with E-state index in [1.54, 1.807) is 42.7 Å². The summed E-state index contributed by atoms with van der Waals surface area (Å²) in [6.07, 6.45) is 2.58. The summed E-state index contributed by atoms with van der Waals surface area (Å²) in [6, 6.07) is 7.28. The second-order valence-electron chi connectivity index (χ2n) is 7.02. The molecule has 2 aromatic heterocycles. The molecular formula is C25H35N5O3. The molecule has 0 aliphatic carbocycles. The van der Waals surface area contributed by atoms with Crippen molar-refractivity contribution in [3.63, 3.8) is 0 Å². The highest BCUT2D eigenvalue weighted by Gasteiger charge is 2.17. The number of imidazole rings is 1. The van der Waals surface area contributed by atoms with Crippen LogP contribution in [0.5, 0.6) is 5.75 Å². The molecule has 1 atom stereocenters. The number of aryl methyl sites for hydroxylation is 1. The minimum atomic E-state index is -0.371. The molecule has 2 N–H and O–H groups in total. The highest BCUT2D eigenvalue weighted by Crippen LogP contribution is 2.18. The van der Waals surface area contributed by atoms with Crippen molar-refractivity contribution in [1.29, 1.82) is 0 Å². The fourth-order valence-electron chi connectivity index (χ4n) is 2.76. The maximum Gasteiger partial charge on any atom is 0.293 e. The predicted molar refractivity (Wildman–Crippen MR) is 133 cm³/mol. The van der Waals surface area contributed by atoms with Gasteiger partial charge in [0, 0.05) is 6.04 Å². The molecule has 8 nitrogen and oxygen atoms in total. The molecule has 8 heteroatoms. The number of para-hydroxylation sites is 1. The molecule has 0 bridgehead atoms. The number of Topliss-reactive ketones (excluding diaryl/α,β-unsaturated/α-hetero) is 1. The fraction of sp³-hybridized carbons (Fsp3) is 0.440. The van der Waals surface area contributed by atoms with E-state index < -0.39 is 0 Å². The summed E-state index contributed by atoms with van der Waals surface area (Å²) in [6.45, 7) is 11.8. The molecular weight excluding hydrogens is 418 g/mol. The molecule has 1 unspecified atom stereocenters. The SMILES string of the molecule is CC.CC#CCn1c(C)nc2cnn(CC(=O)c3ccccc3OC)c(=O)c21.CCC(C)N. The van der Waals surface area contributed by atoms with Gasteiger partial charge in [-0.2, -0.15) is 5.10 Å². The van der Waals surface area contributed by atoms with Crippen LogP contribution in [0, 0.1) is 18.8 Å². The largest absolute Gasteiger partial charge is 0.496 e. The molecule has 0 saturated heterocycles. The predicted octanol–water partition coefficient (Wildman–Crippen LogP) is 3.59. The van der Waals surface area contributed by atoms with Crippen LogP contribution in [0.1, 0.15) is 57.2 Å². The molecule has 178 valence electrons. The zero-order valence-electron chi connectivity index (χ0n) is 20.7. The summed E-state index contributed by atoms with van der Waals surface area (Å²) in [5.41, 5.74) is 6.22. The molecule has 0 amide bonds. The second kappa shape index (κ2) is 13.9. The van der Waals surface area contributed by atoms with Crippen LogP contribution >= 0.6 is 0 Å². The lowest BCUT2D eigenvalue weighted by Crippen LogP contribution is -2.28. The van der Waals surface area contributed by atoms with Gasteiger partial charge >= 0.3 is 0 Å². The average Bonchev–Trinajstić information content (AvgIpc) is 3.16. The summed E-state index contributed by atoms with van der Waals surface area (Å²) in [7, 11) is 1.50. The van der Waals surface area contributed by atoms with Crippen LogP contribution < -0.4 is 16.0 Å². The maximum atomic E-state index is 12.9. The Bertz CT molecular complexity index is 1170. The average molecular weight is 454 g/mol. The third kappa shape index (κ3) is 7.29.